The van der Waals surface area contributed by atoms with Gasteiger partial charge in [-0.25, -0.2) is 5.90 Å². The Kier molecular flexibility index (Phi) is 2.74. The highest BCUT2D eigenvalue weighted by atomic mass is 16.6. The van der Waals surface area contributed by atoms with Crippen molar-refractivity contribution in [3.8, 4) is 0 Å². The van der Waals surface area contributed by atoms with Crippen molar-refractivity contribution < 1.29 is 4.84 Å². The minimum absolute atomic E-state index is 0.407. The number of aryl methyl sites for hydroxylation is 1. The van der Waals surface area contributed by atoms with Gasteiger partial charge in [-0.3, -0.25) is 4.84 Å². The van der Waals surface area contributed by atoms with Crippen molar-refractivity contribution in [1.29, 1.82) is 0 Å². The largest absolute Gasteiger partial charge is 0.294 e. The lowest BCUT2D eigenvalue weighted by Gasteiger charge is -2.25. The summed E-state index contributed by atoms with van der Waals surface area (Å²) >= 11 is 0. The van der Waals surface area contributed by atoms with E-state index in [1.165, 1.54) is 11.1 Å². The van der Waals surface area contributed by atoms with Crippen molar-refractivity contribution in [2.75, 3.05) is 0 Å². The zero-order valence-corrected chi connectivity index (χ0v) is 8.72. The monoisotopic (exact) mass is 179 g/mol. The molecule has 0 bridgehead atoms. The summed E-state index contributed by atoms with van der Waals surface area (Å²) in [6.07, 6.45) is 0. The van der Waals surface area contributed by atoms with Gasteiger partial charge in [-0.15, -0.1) is 0 Å². The van der Waals surface area contributed by atoms with Gasteiger partial charge < -0.3 is 0 Å². The molecule has 0 heterocycles. The molecule has 0 saturated carbocycles. The quantitative estimate of drug-likeness (QED) is 0.708. The first-order valence-corrected chi connectivity index (χ1v) is 4.43. The zero-order chi connectivity index (χ0) is 10.1. The molecule has 72 valence electrons. The van der Waals surface area contributed by atoms with Gasteiger partial charge in [0.05, 0.1) is 0 Å². The SMILES string of the molecule is Cc1cccc(C(C)(C)ON)c1C. The van der Waals surface area contributed by atoms with E-state index in [2.05, 4.69) is 26.0 Å². The summed E-state index contributed by atoms with van der Waals surface area (Å²) in [5.41, 5.74) is 3.26. The first kappa shape index (κ1) is 10.2. The molecule has 1 aromatic rings. The van der Waals surface area contributed by atoms with Crippen LogP contribution in [0.3, 0.4) is 0 Å². The predicted molar refractivity (Wildman–Crippen MR) is 54.2 cm³/mol. The normalized spacial score (nSPS) is 11.8. The van der Waals surface area contributed by atoms with E-state index in [9.17, 15) is 0 Å². The van der Waals surface area contributed by atoms with Crippen LogP contribution >= 0.6 is 0 Å². The molecule has 0 aromatic heterocycles. The Morgan fingerprint density at radius 2 is 1.85 bits per heavy atom. The molecule has 0 aliphatic heterocycles. The Bertz CT molecular complexity index is 305. The van der Waals surface area contributed by atoms with E-state index in [1.54, 1.807) is 0 Å². The van der Waals surface area contributed by atoms with E-state index >= 15 is 0 Å². The molecule has 0 fully saturated rings. The standard InChI is InChI=1S/C11H17NO/c1-8-6-5-7-10(9(8)2)11(3,4)13-12/h5-7H,12H2,1-4H3. The highest BCUT2D eigenvalue weighted by molar-refractivity contribution is 5.36. The molecule has 0 saturated heterocycles. The molecule has 0 atom stereocenters. The number of rotatable bonds is 2. The smallest absolute Gasteiger partial charge is 0.109 e. The summed E-state index contributed by atoms with van der Waals surface area (Å²) < 4.78 is 0. The van der Waals surface area contributed by atoms with Gasteiger partial charge in [-0.2, -0.15) is 0 Å². The third-order valence-corrected chi connectivity index (χ3v) is 2.55. The van der Waals surface area contributed by atoms with Crippen molar-refractivity contribution in [3.63, 3.8) is 0 Å². The Labute approximate surface area is 79.7 Å². The average molecular weight is 179 g/mol. The van der Waals surface area contributed by atoms with Crippen LogP contribution in [0.2, 0.25) is 0 Å². The molecule has 0 unspecified atom stereocenters. The Hall–Kier alpha value is -0.860. The number of benzene rings is 1. The van der Waals surface area contributed by atoms with Crippen LogP contribution in [0, 0.1) is 13.8 Å². The lowest BCUT2D eigenvalue weighted by Crippen LogP contribution is -2.26. The fourth-order valence-corrected chi connectivity index (χ4v) is 1.47. The van der Waals surface area contributed by atoms with E-state index in [4.69, 9.17) is 10.7 Å². The third-order valence-electron chi connectivity index (χ3n) is 2.55. The minimum atomic E-state index is -0.407. The fraction of sp³-hybridized carbons (Fsp3) is 0.455. The summed E-state index contributed by atoms with van der Waals surface area (Å²) in [5, 5.41) is 0. The van der Waals surface area contributed by atoms with Crippen molar-refractivity contribution in [2.45, 2.75) is 33.3 Å². The highest BCUT2D eigenvalue weighted by Crippen LogP contribution is 2.27. The van der Waals surface area contributed by atoms with Gasteiger partial charge in [0.1, 0.15) is 5.60 Å². The van der Waals surface area contributed by atoms with Crippen molar-refractivity contribution in [1.82, 2.24) is 0 Å². The van der Waals surface area contributed by atoms with Crippen LogP contribution in [-0.2, 0) is 10.4 Å². The highest BCUT2D eigenvalue weighted by Gasteiger charge is 2.22. The van der Waals surface area contributed by atoms with Gasteiger partial charge in [-0.1, -0.05) is 18.2 Å². The lowest BCUT2D eigenvalue weighted by atomic mass is 9.91. The molecule has 0 aliphatic carbocycles. The molecule has 2 N–H and O–H groups in total. The second-order valence-electron chi connectivity index (χ2n) is 3.88. The third kappa shape index (κ3) is 1.90. The molecule has 0 aliphatic rings. The predicted octanol–water partition coefficient (Wildman–Crippen LogP) is 2.43. The molecule has 0 radical (unpaired) electrons. The molecular weight excluding hydrogens is 162 g/mol. The summed E-state index contributed by atoms with van der Waals surface area (Å²) in [6, 6.07) is 6.17. The van der Waals surface area contributed by atoms with E-state index < -0.39 is 5.60 Å². The van der Waals surface area contributed by atoms with Crippen molar-refractivity contribution >= 4 is 0 Å². The maximum atomic E-state index is 5.26. The van der Waals surface area contributed by atoms with E-state index in [1.807, 2.05) is 19.9 Å². The van der Waals surface area contributed by atoms with Crippen LogP contribution in [0.1, 0.15) is 30.5 Å². The molecule has 2 heteroatoms. The van der Waals surface area contributed by atoms with Crippen LogP contribution in [0.4, 0.5) is 0 Å². The Morgan fingerprint density at radius 3 is 2.38 bits per heavy atom. The Balaban J connectivity index is 3.22. The average Bonchev–Trinajstić information content (AvgIpc) is 2.09. The van der Waals surface area contributed by atoms with Gasteiger partial charge in [0.15, 0.2) is 0 Å². The van der Waals surface area contributed by atoms with Crippen LogP contribution in [-0.4, -0.2) is 0 Å². The number of hydrogen-bond acceptors (Lipinski definition) is 2. The molecule has 1 aromatic carbocycles. The summed E-state index contributed by atoms with van der Waals surface area (Å²) in [7, 11) is 0. The van der Waals surface area contributed by atoms with E-state index in [-0.39, 0.29) is 0 Å². The van der Waals surface area contributed by atoms with E-state index in [0.717, 1.165) is 5.56 Å². The maximum absolute atomic E-state index is 5.26. The summed E-state index contributed by atoms with van der Waals surface area (Å²) in [6.45, 7) is 8.11. The van der Waals surface area contributed by atoms with E-state index in [0.29, 0.717) is 0 Å². The van der Waals surface area contributed by atoms with Gasteiger partial charge in [0.25, 0.3) is 0 Å². The van der Waals surface area contributed by atoms with Gasteiger partial charge in [0.2, 0.25) is 0 Å². The van der Waals surface area contributed by atoms with Crippen LogP contribution < -0.4 is 5.90 Å². The van der Waals surface area contributed by atoms with Crippen LogP contribution in [0.5, 0.6) is 0 Å². The first-order chi connectivity index (χ1) is 5.99. The van der Waals surface area contributed by atoms with Crippen LogP contribution in [0.15, 0.2) is 18.2 Å². The molecule has 1 rings (SSSR count). The Morgan fingerprint density at radius 1 is 1.23 bits per heavy atom. The second kappa shape index (κ2) is 3.48. The summed E-state index contributed by atoms with van der Waals surface area (Å²) in [5.74, 6) is 5.26. The number of hydrogen-bond donors (Lipinski definition) is 1. The molecule has 13 heavy (non-hydrogen) atoms. The van der Waals surface area contributed by atoms with Gasteiger partial charge in [-0.05, 0) is 44.4 Å². The molecular formula is C11H17NO. The van der Waals surface area contributed by atoms with Crippen molar-refractivity contribution in [2.24, 2.45) is 5.90 Å². The number of nitrogens with two attached hydrogens (primary N) is 1. The topological polar surface area (TPSA) is 35.2 Å². The second-order valence-corrected chi connectivity index (χ2v) is 3.88. The van der Waals surface area contributed by atoms with Gasteiger partial charge in [0, 0.05) is 0 Å². The van der Waals surface area contributed by atoms with Crippen molar-refractivity contribution in [3.05, 3.63) is 34.9 Å². The molecule has 0 spiro atoms. The van der Waals surface area contributed by atoms with Gasteiger partial charge >= 0.3 is 0 Å². The summed E-state index contributed by atoms with van der Waals surface area (Å²) in [4.78, 5) is 4.96. The van der Waals surface area contributed by atoms with Crippen LogP contribution in [0.25, 0.3) is 0 Å². The maximum Gasteiger partial charge on any atom is 0.109 e. The first-order valence-electron chi connectivity index (χ1n) is 4.43. The zero-order valence-electron chi connectivity index (χ0n) is 8.72. The molecule has 2 nitrogen and oxygen atoms in total. The lowest BCUT2D eigenvalue weighted by molar-refractivity contribution is -0.0240. The fourth-order valence-electron chi connectivity index (χ4n) is 1.47. The molecule has 0 amide bonds. The minimum Gasteiger partial charge on any atom is -0.294 e.